The Balaban J connectivity index is 1.72. The van der Waals surface area contributed by atoms with Crippen LogP contribution in [0.4, 0.5) is 10.1 Å². The second-order valence-electron chi connectivity index (χ2n) is 6.59. The predicted octanol–water partition coefficient (Wildman–Crippen LogP) is 3.11. The van der Waals surface area contributed by atoms with Gasteiger partial charge in [-0.05, 0) is 44.2 Å². The van der Waals surface area contributed by atoms with Crippen molar-refractivity contribution in [2.75, 3.05) is 37.6 Å². The summed E-state index contributed by atoms with van der Waals surface area (Å²) in [6.45, 7) is 11.8. The van der Waals surface area contributed by atoms with Crippen LogP contribution in [0, 0.1) is 12.7 Å². The van der Waals surface area contributed by atoms with Crippen molar-refractivity contribution in [3.63, 3.8) is 0 Å². The zero-order chi connectivity index (χ0) is 17.8. The molecule has 0 radical (unpaired) electrons. The first kappa shape index (κ1) is 17.9. The van der Waals surface area contributed by atoms with Gasteiger partial charge in [-0.2, -0.15) is 0 Å². The molecule has 0 aliphatic carbocycles. The second-order valence-corrected chi connectivity index (χ2v) is 6.59. The first-order valence-corrected chi connectivity index (χ1v) is 8.98. The summed E-state index contributed by atoms with van der Waals surface area (Å²) in [7, 11) is 0. The molecule has 1 aromatic carbocycles. The van der Waals surface area contributed by atoms with E-state index >= 15 is 0 Å². The third-order valence-electron chi connectivity index (χ3n) is 4.84. The lowest BCUT2D eigenvalue weighted by atomic mass is 10.0. The molecule has 3 rings (SSSR count). The van der Waals surface area contributed by atoms with Crippen molar-refractivity contribution in [2.24, 2.45) is 0 Å². The number of rotatable bonds is 6. The highest BCUT2D eigenvalue weighted by Gasteiger charge is 2.21. The molecule has 1 atom stereocenters. The summed E-state index contributed by atoms with van der Waals surface area (Å²) in [5, 5.41) is 3.40. The minimum absolute atomic E-state index is 0.00195. The summed E-state index contributed by atoms with van der Waals surface area (Å²) < 4.78 is 19.4. The molecule has 25 heavy (non-hydrogen) atoms. The van der Waals surface area contributed by atoms with Gasteiger partial charge in [0.25, 0.3) is 0 Å². The third-order valence-corrected chi connectivity index (χ3v) is 4.84. The summed E-state index contributed by atoms with van der Waals surface area (Å²) in [5.74, 6) is 1.25. The van der Waals surface area contributed by atoms with E-state index in [-0.39, 0.29) is 11.9 Å². The van der Waals surface area contributed by atoms with Crippen molar-refractivity contribution < 1.29 is 8.81 Å². The number of piperazine rings is 1. The van der Waals surface area contributed by atoms with Crippen molar-refractivity contribution in [2.45, 2.75) is 33.4 Å². The van der Waals surface area contributed by atoms with Gasteiger partial charge in [-0.25, -0.2) is 9.37 Å². The molecular formula is C19H27FN4O. The van der Waals surface area contributed by atoms with E-state index in [1.54, 1.807) is 18.3 Å². The molecular weight excluding hydrogens is 319 g/mol. The predicted molar refractivity (Wildman–Crippen MR) is 97.2 cm³/mol. The molecule has 5 nitrogen and oxygen atoms in total. The van der Waals surface area contributed by atoms with Crippen LogP contribution >= 0.6 is 0 Å². The Morgan fingerprint density at radius 1 is 1.28 bits per heavy atom. The number of aryl methyl sites for hydroxylation is 1. The Bertz CT molecular complexity index is 694. The number of oxazole rings is 1. The van der Waals surface area contributed by atoms with Gasteiger partial charge < -0.3 is 19.5 Å². The molecule has 0 spiro atoms. The van der Waals surface area contributed by atoms with Gasteiger partial charge in [0.2, 0.25) is 5.89 Å². The number of hydrogen-bond donors (Lipinski definition) is 1. The molecule has 6 heteroatoms. The molecule has 0 bridgehead atoms. The molecule has 1 saturated heterocycles. The lowest BCUT2D eigenvalue weighted by Crippen LogP contribution is -2.46. The maximum atomic E-state index is 13.9. The minimum Gasteiger partial charge on any atom is -0.445 e. The highest BCUT2D eigenvalue weighted by Crippen LogP contribution is 2.28. The normalized spacial score (nSPS) is 17.0. The fourth-order valence-electron chi connectivity index (χ4n) is 3.30. The maximum absolute atomic E-state index is 13.9. The average molecular weight is 346 g/mol. The summed E-state index contributed by atoms with van der Waals surface area (Å²) in [5.41, 5.74) is 2.09. The third kappa shape index (κ3) is 4.38. The van der Waals surface area contributed by atoms with E-state index in [2.05, 4.69) is 33.9 Å². The maximum Gasteiger partial charge on any atom is 0.208 e. The topological polar surface area (TPSA) is 44.5 Å². The molecule has 1 fully saturated rings. The molecule has 0 amide bonds. The first-order valence-electron chi connectivity index (χ1n) is 8.98. The number of halogens is 1. The Hall–Kier alpha value is -1.92. The fraction of sp³-hybridized carbons (Fsp3) is 0.526. The molecule has 1 aliphatic rings. The van der Waals surface area contributed by atoms with E-state index in [9.17, 15) is 4.39 Å². The molecule has 0 unspecified atom stereocenters. The lowest BCUT2D eigenvalue weighted by Gasteiger charge is -2.37. The van der Waals surface area contributed by atoms with Crippen LogP contribution in [-0.4, -0.2) is 42.6 Å². The van der Waals surface area contributed by atoms with Crippen LogP contribution in [0.1, 0.15) is 37.1 Å². The van der Waals surface area contributed by atoms with Gasteiger partial charge in [-0.3, -0.25) is 0 Å². The second kappa shape index (κ2) is 7.97. The Morgan fingerprint density at radius 2 is 2.04 bits per heavy atom. The number of nitrogens with zero attached hydrogens (tertiary/aromatic N) is 3. The van der Waals surface area contributed by atoms with Gasteiger partial charge in [-0.1, -0.05) is 6.92 Å². The molecule has 1 N–H and O–H groups in total. The highest BCUT2D eigenvalue weighted by atomic mass is 19.1. The molecule has 0 saturated carbocycles. The van der Waals surface area contributed by atoms with Crippen LogP contribution in [0.5, 0.6) is 0 Å². The number of likely N-dealkylation sites (N-methyl/N-ethyl adjacent to an activating group) is 1. The summed E-state index contributed by atoms with van der Waals surface area (Å²) in [6.07, 6.45) is 1.71. The van der Waals surface area contributed by atoms with Crippen LogP contribution in [0.25, 0.3) is 0 Å². The van der Waals surface area contributed by atoms with E-state index in [0.29, 0.717) is 12.4 Å². The van der Waals surface area contributed by atoms with E-state index in [1.165, 1.54) is 0 Å². The fourth-order valence-corrected chi connectivity index (χ4v) is 3.30. The average Bonchev–Trinajstić information content (AvgIpc) is 3.05. The van der Waals surface area contributed by atoms with Gasteiger partial charge in [0.15, 0.2) is 0 Å². The number of hydrogen-bond acceptors (Lipinski definition) is 5. The number of anilines is 1. The van der Waals surface area contributed by atoms with Crippen molar-refractivity contribution in [3.8, 4) is 0 Å². The summed E-state index contributed by atoms with van der Waals surface area (Å²) >= 11 is 0. The van der Waals surface area contributed by atoms with E-state index in [1.807, 2.05) is 13.0 Å². The van der Waals surface area contributed by atoms with Crippen molar-refractivity contribution in [1.82, 2.24) is 15.2 Å². The van der Waals surface area contributed by atoms with E-state index in [0.717, 1.165) is 49.7 Å². The standard InChI is InChI=1S/C19H27FN4O/c1-4-23-7-9-24(10-8-23)18-6-5-16(20)11-17(18)15(3)21-13-19-22-12-14(2)25-19/h5-6,11-12,15,21H,4,7-10,13H2,1-3H3/t15-/m1/s1. The van der Waals surface area contributed by atoms with Crippen molar-refractivity contribution in [1.29, 1.82) is 0 Å². The Labute approximate surface area is 148 Å². The van der Waals surface area contributed by atoms with Crippen LogP contribution in [0.3, 0.4) is 0 Å². The van der Waals surface area contributed by atoms with Crippen LogP contribution in [0.2, 0.25) is 0 Å². The first-order chi connectivity index (χ1) is 12.1. The molecule has 2 aromatic rings. The van der Waals surface area contributed by atoms with Gasteiger partial charge in [0, 0.05) is 37.9 Å². The molecule has 1 aliphatic heterocycles. The van der Waals surface area contributed by atoms with Crippen LogP contribution in [0.15, 0.2) is 28.8 Å². The molecule has 136 valence electrons. The number of nitrogens with one attached hydrogen (secondary N) is 1. The largest absolute Gasteiger partial charge is 0.445 e. The number of benzene rings is 1. The highest BCUT2D eigenvalue weighted by molar-refractivity contribution is 5.55. The SMILES string of the molecule is CCN1CCN(c2ccc(F)cc2[C@@H](C)NCc2ncc(C)o2)CC1. The minimum atomic E-state index is -0.202. The van der Waals surface area contributed by atoms with Gasteiger partial charge in [0.1, 0.15) is 11.6 Å². The number of aromatic nitrogens is 1. The zero-order valence-electron chi connectivity index (χ0n) is 15.3. The van der Waals surface area contributed by atoms with Crippen molar-refractivity contribution >= 4 is 5.69 Å². The zero-order valence-corrected chi connectivity index (χ0v) is 15.3. The van der Waals surface area contributed by atoms with E-state index < -0.39 is 0 Å². The van der Waals surface area contributed by atoms with Gasteiger partial charge in [-0.15, -0.1) is 0 Å². The van der Waals surface area contributed by atoms with Crippen LogP contribution in [-0.2, 0) is 6.54 Å². The Morgan fingerprint density at radius 3 is 2.68 bits per heavy atom. The van der Waals surface area contributed by atoms with Gasteiger partial charge in [0.05, 0.1) is 12.7 Å². The summed E-state index contributed by atoms with van der Waals surface area (Å²) in [6, 6.07) is 5.09. The Kier molecular flexibility index (Phi) is 5.71. The molecule has 1 aromatic heterocycles. The molecule has 2 heterocycles. The van der Waals surface area contributed by atoms with Gasteiger partial charge >= 0.3 is 0 Å². The van der Waals surface area contributed by atoms with Crippen molar-refractivity contribution in [3.05, 3.63) is 47.4 Å². The van der Waals surface area contributed by atoms with E-state index in [4.69, 9.17) is 4.42 Å². The smallest absolute Gasteiger partial charge is 0.208 e. The quantitative estimate of drug-likeness (QED) is 0.871. The van der Waals surface area contributed by atoms with Crippen LogP contribution < -0.4 is 10.2 Å². The lowest BCUT2D eigenvalue weighted by molar-refractivity contribution is 0.271. The summed E-state index contributed by atoms with van der Waals surface area (Å²) in [4.78, 5) is 9.00. The monoisotopic (exact) mass is 346 g/mol.